The van der Waals surface area contributed by atoms with Crippen LogP contribution in [0.25, 0.3) is 11.1 Å². The van der Waals surface area contributed by atoms with Gasteiger partial charge in [0.1, 0.15) is 28.5 Å². The van der Waals surface area contributed by atoms with E-state index in [0.29, 0.717) is 16.8 Å². The predicted molar refractivity (Wildman–Crippen MR) is 108 cm³/mol. The van der Waals surface area contributed by atoms with Crippen LogP contribution < -0.4 is 10.3 Å². The summed E-state index contributed by atoms with van der Waals surface area (Å²) in [6.07, 6.45) is 0. The summed E-state index contributed by atoms with van der Waals surface area (Å²) in [5.74, 6) is -2.54. The third kappa shape index (κ3) is 4.33. The maximum absolute atomic E-state index is 13.9. The number of aromatic amines is 1. The molecular weight excluding hydrogens is 472 g/mol. The first-order chi connectivity index (χ1) is 13.7. The van der Waals surface area contributed by atoms with Gasteiger partial charge in [0.15, 0.2) is 0 Å². The molecule has 0 radical (unpaired) electrons. The number of carboxylic acid groups (broad SMARTS) is 1. The lowest BCUT2D eigenvalue weighted by Crippen LogP contribution is -2.13. The molecule has 0 saturated heterocycles. The van der Waals surface area contributed by atoms with Crippen molar-refractivity contribution in [1.82, 2.24) is 4.98 Å². The molecule has 1 aromatic heterocycles. The first kappa shape index (κ1) is 21.0. The minimum atomic E-state index is -1.14. The van der Waals surface area contributed by atoms with Crippen LogP contribution in [0.3, 0.4) is 0 Å². The molecule has 3 rings (SSSR count). The molecule has 0 spiro atoms. The maximum Gasteiger partial charge on any atom is 0.335 e. The van der Waals surface area contributed by atoms with Gasteiger partial charge in [-0.15, -0.1) is 0 Å². The first-order valence-corrected chi connectivity index (χ1v) is 9.38. The molecule has 5 nitrogen and oxygen atoms in total. The van der Waals surface area contributed by atoms with Crippen molar-refractivity contribution in [1.29, 1.82) is 0 Å². The van der Waals surface area contributed by atoms with Gasteiger partial charge in [-0.2, -0.15) is 0 Å². The van der Waals surface area contributed by atoms with E-state index in [1.807, 2.05) is 0 Å². The molecule has 2 N–H and O–H groups in total. The normalized spacial score (nSPS) is 10.8. The Morgan fingerprint density at radius 3 is 2.59 bits per heavy atom. The topological polar surface area (TPSA) is 79.4 Å². The van der Waals surface area contributed by atoms with Crippen molar-refractivity contribution in [3.05, 3.63) is 84.7 Å². The average Bonchev–Trinajstić information content (AvgIpc) is 2.65. The number of halogens is 4. The van der Waals surface area contributed by atoms with E-state index in [9.17, 15) is 18.4 Å². The number of aromatic carboxylic acids is 1. The summed E-state index contributed by atoms with van der Waals surface area (Å²) in [5.41, 5.74) is 0.851. The zero-order valence-corrected chi connectivity index (χ0v) is 17.2. The SMILES string of the molecule is Cc1[nH]c(=O)c(Br)c(OCc2ccc(F)cc2F)c1-c1ccc(C(=O)O)cc1Cl. The zero-order chi connectivity index (χ0) is 21.3. The number of rotatable bonds is 5. The largest absolute Gasteiger partial charge is 0.487 e. The van der Waals surface area contributed by atoms with Gasteiger partial charge < -0.3 is 14.8 Å². The van der Waals surface area contributed by atoms with Gasteiger partial charge in [0.25, 0.3) is 5.56 Å². The molecule has 0 atom stereocenters. The number of aromatic nitrogens is 1. The zero-order valence-electron chi connectivity index (χ0n) is 14.9. The highest BCUT2D eigenvalue weighted by molar-refractivity contribution is 9.10. The standard InChI is InChI=1S/C20H13BrClF2NO4/c1-9-16(13-5-3-10(20(27)28)6-14(13)22)18(17(21)19(26)25-9)29-8-11-2-4-12(23)7-15(11)24/h2-7H,8H2,1H3,(H,25,26)(H,27,28). The van der Waals surface area contributed by atoms with Crippen LogP contribution in [0, 0.1) is 18.6 Å². The Morgan fingerprint density at radius 2 is 1.97 bits per heavy atom. The summed E-state index contributed by atoms with van der Waals surface area (Å²) >= 11 is 9.44. The van der Waals surface area contributed by atoms with Gasteiger partial charge in [-0.3, -0.25) is 4.79 Å². The molecule has 2 aromatic carbocycles. The fraction of sp³-hybridized carbons (Fsp3) is 0.100. The maximum atomic E-state index is 13.9. The van der Waals surface area contributed by atoms with Crippen LogP contribution in [0.15, 0.2) is 45.7 Å². The van der Waals surface area contributed by atoms with E-state index >= 15 is 0 Å². The minimum Gasteiger partial charge on any atom is -0.487 e. The molecule has 0 saturated carbocycles. The summed E-state index contributed by atoms with van der Waals surface area (Å²) in [6.45, 7) is 1.35. The number of hydrogen-bond donors (Lipinski definition) is 2. The van der Waals surface area contributed by atoms with Gasteiger partial charge >= 0.3 is 5.97 Å². The van der Waals surface area contributed by atoms with Crippen molar-refractivity contribution < 1.29 is 23.4 Å². The number of benzene rings is 2. The molecule has 0 aliphatic rings. The minimum absolute atomic E-state index is 0.00394. The summed E-state index contributed by atoms with van der Waals surface area (Å²) in [4.78, 5) is 26.0. The third-order valence-electron chi connectivity index (χ3n) is 4.17. The van der Waals surface area contributed by atoms with E-state index in [1.54, 1.807) is 6.92 Å². The Bertz CT molecular complexity index is 1180. The third-order valence-corrected chi connectivity index (χ3v) is 5.21. The molecule has 0 aliphatic carbocycles. The molecular formula is C20H13BrClF2NO4. The number of ether oxygens (including phenoxy) is 1. The number of H-pyrrole nitrogens is 1. The van der Waals surface area contributed by atoms with Gasteiger partial charge in [-0.05, 0) is 47.1 Å². The van der Waals surface area contributed by atoms with Crippen molar-refractivity contribution in [2.24, 2.45) is 0 Å². The Labute approximate surface area is 177 Å². The molecule has 3 aromatic rings. The van der Waals surface area contributed by atoms with Crippen molar-refractivity contribution in [3.63, 3.8) is 0 Å². The number of hydrogen-bond acceptors (Lipinski definition) is 3. The smallest absolute Gasteiger partial charge is 0.335 e. The van der Waals surface area contributed by atoms with Crippen LogP contribution in [-0.2, 0) is 6.61 Å². The summed E-state index contributed by atoms with van der Waals surface area (Å²) in [7, 11) is 0. The Kier molecular flexibility index (Phi) is 6.04. The molecule has 1 heterocycles. The van der Waals surface area contributed by atoms with Crippen molar-refractivity contribution >= 4 is 33.5 Å². The van der Waals surface area contributed by atoms with Crippen LogP contribution in [0.4, 0.5) is 8.78 Å². The second kappa shape index (κ2) is 8.34. The highest BCUT2D eigenvalue weighted by atomic mass is 79.9. The second-order valence-corrected chi connectivity index (χ2v) is 7.32. The molecule has 0 fully saturated rings. The lowest BCUT2D eigenvalue weighted by Gasteiger charge is -2.17. The van der Waals surface area contributed by atoms with Gasteiger partial charge in [-0.1, -0.05) is 17.7 Å². The van der Waals surface area contributed by atoms with Crippen molar-refractivity contribution in [2.75, 3.05) is 0 Å². The van der Waals surface area contributed by atoms with Gasteiger partial charge in [0, 0.05) is 33.5 Å². The van der Waals surface area contributed by atoms with E-state index in [4.69, 9.17) is 21.4 Å². The number of pyridine rings is 1. The lowest BCUT2D eigenvalue weighted by atomic mass is 10.0. The second-order valence-electron chi connectivity index (χ2n) is 6.12. The molecule has 9 heteroatoms. The van der Waals surface area contributed by atoms with E-state index in [0.717, 1.165) is 12.1 Å². The number of carbonyl (C=O) groups is 1. The fourth-order valence-electron chi connectivity index (χ4n) is 2.77. The monoisotopic (exact) mass is 483 g/mol. The quantitative estimate of drug-likeness (QED) is 0.514. The lowest BCUT2D eigenvalue weighted by molar-refractivity contribution is 0.0697. The summed E-state index contributed by atoms with van der Waals surface area (Å²) in [6, 6.07) is 7.21. The van der Waals surface area contributed by atoms with Crippen LogP contribution in [0.2, 0.25) is 5.02 Å². The molecule has 150 valence electrons. The predicted octanol–water partition coefficient (Wildman–Crippen LogP) is 5.32. The first-order valence-electron chi connectivity index (χ1n) is 8.21. The fourth-order valence-corrected chi connectivity index (χ4v) is 3.46. The van der Waals surface area contributed by atoms with E-state index in [-0.39, 0.29) is 33.0 Å². The van der Waals surface area contributed by atoms with Crippen LogP contribution in [-0.4, -0.2) is 16.1 Å². The molecule has 29 heavy (non-hydrogen) atoms. The molecule has 0 unspecified atom stereocenters. The van der Waals surface area contributed by atoms with Crippen molar-refractivity contribution in [2.45, 2.75) is 13.5 Å². The van der Waals surface area contributed by atoms with Crippen molar-refractivity contribution in [3.8, 4) is 16.9 Å². The van der Waals surface area contributed by atoms with Crippen LogP contribution >= 0.6 is 27.5 Å². The average molecular weight is 485 g/mol. The van der Waals surface area contributed by atoms with Gasteiger partial charge in [-0.25, -0.2) is 13.6 Å². The highest BCUT2D eigenvalue weighted by Crippen LogP contribution is 2.40. The Hall–Kier alpha value is -2.71. The van der Waals surface area contributed by atoms with Gasteiger partial charge in [0.05, 0.1) is 5.56 Å². The highest BCUT2D eigenvalue weighted by Gasteiger charge is 2.21. The number of nitrogens with one attached hydrogen (secondary N) is 1. The van der Waals surface area contributed by atoms with E-state index in [2.05, 4.69) is 20.9 Å². The Balaban J connectivity index is 2.10. The molecule has 0 bridgehead atoms. The van der Waals surface area contributed by atoms with E-state index in [1.165, 1.54) is 24.3 Å². The van der Waals surface area contributed by atoms with Crippen LogP contribution in [0.5, 0.6) is 5.75 Å². The number of aryl methyl sites for hydroxylation is 1. The van der Waals surface area contributed by atoms with Gasteiger partial charge in [0.2, 0.25) is 0 Å². The molecule has 0 amide bonds. The van der Waals surface area contributed by atoms with Crippen LogP contribution in [0.1, 0.15) is 21.6 Å². The Morgan fingerprint density at radius 1 is 1.24 bits per heavy atom. The molecule has 0 aliphatic heterocycles. The number of carboxylic acids is 1. The van der Waals surface area contributed by atoms with E-state index < -0.39 is 23.2 Å². The summed E-state index contributed by atoms with van der Waals surface area (Å²) in [5, 5.41) is 9.25. The summed E-state index contributed by atoms with van der Waals surface area (Å²) < 4.78 is 32.8.